The smallest absolute Gasteiger partial charge is 0.465 e. The lowest BCUT2D eigenvalue weighted by molar-refractivity contribution is -0.141. The normalized spacial score (nSPS) is 24.8. The fourth-order valence-electron chi connectivity index (χ4n) is 4.07. The third kappa shape index (κ3) is 3.84. The van der Waals surface area contributed by atoms with Crippen molar-refractivity contribution in [2.45, 2.75) is 44.4 Å². The number of likely N-dealkylation sites (tertiary alicyclic amines) is 1. The molecule has 1 N–H and O–H groups in total. The first-order valence-electron chi connectivity index (χ1n) is 9.65. The number of aryl methyl sites for hydroxylation is 1. The van der Waals surface area contributed by atoms with Crippen LogP contribution in [0.5, 0.6) is 0 Å². The van der Waals surface area contributed by atoms with Gasteiger partial charge in [0.15, 0.2) is 5.60 Å². The predicted molar refractivity (Wildman–Crippen MR) is 96.2 cm³/mol. The predicted octanol–water partition coefficient (Wildman–Crippen LogP) is 0.807. The van der Waals surface area contributed by atoms with Gasteiger partial charge in [-0.25, -0.2) is 4.79 Å². The summed E-state index contributed by atoms with van der Waals surface area (Å²) in [5.74, 6) is 1.41. The monoisotopic (exact) mass is 391 g/mol. The highest BCUT2D eigenvalue weighted by Crippen LogP contribution is 2.32. The molecule has 1 aromatic rings. The fraction of sp³-hybridized carbons (Fsp3) is 0.632. The van der Waals surface area contributed by atoms with E-state index in [-0.39, 0.29) is 24.8 Å². The Morgan fingerprint density at radius 3 is 2.68 bits per heavy atom. The number of rotatable bonds is 4. The highest BCUT2D eigenvalue weighted by atomic mass is 16.8. The van der Waals surface area contributed by atoms with Gasteiger partial charge in [0, 0.05) is 39.0 Å². The van der Waals surface area contributed by atoms with Crippen molar-refractivity contribution in [2.24, 2.45) is 0 Å². The van der Waals surface area contributed by atoms with Crippen LogP contribution in [-0.2, 0) is 25.6 Å². The molecule has 4 heterocycles. The zero-order valence-electron chi connectivity index (χ0n) is 15.9. The van der Waals surface area contributed by atoms with Crippen LogP contribution in [0.15, 0.2) is 16.5 Å². The van der Waals surface area contributed by atoms with E-state index in [1.165, 1.54) is 0 Å². The molecular formula is C19H25N3O6. The number of amides is 2. The molecule has 9 nitrogen and oxygen atoms in total. The first-order valence-corrected chi connectivity index (χ1v) is 9.65. The molecule has 0 radical (unpaired) electrons. The Bertz CT molecular complexity index is 767. The summed E-state index contributed by atoms with van der Waals surface area (Å²) in [6.45, 7) is 4.82. The van der Waals surface area contributed by atoms with Crippen LogP contribution in [-0.4, -0.2) is 72.2 Å². The Kier molecular flexibility index (Phi) is 5.01. The number of furan rings is 1. The summed E-state index contributed by atoms with van der Waals surface area (Å²) in [5, 5.41) is 2.85. The molecule has 28 heavy (non-hydrogen) atoms. The summed E-state index contributed by atoms with van der Waals surface area (Å²) in [6, 6.07) is 3.27. The second-order valence-corrected chi connectivity index (χ2v) is 7.70. The number of carbonyl (C=O) groups excluding carboxylic acids is 3. The first kappa shape index (κ1) is 18.8. The molecule has 3 aliphatic rings. The van der Waals surface area contributed by atoms with Crippen molar-refractivity contribution in [1.29, 1.82) is 0 Å². The third-order valence-corrected chi connectivity index (χ3v) is 5.74. The van der Waals surface area contributed by atoms with Gasteiger partial charge in [-0.1, -0.05) is 0 Å². The second-order valence-electron chi connectivity index (χ2n) is 7.70. The maximum absolute atomic E-state index is 12.8. The van der Waals surface area contributed by atoms with Crippen molar-refractivity contribution in [3.8, 4) is 0 Å². The van der Waals surface area contributed by atoms with E-state index in [1.54, 1.807) is 4.90 Å². The van der Waals surface area contributed by atoms with Gasteiger partial charge in [0.1, 0.15) is 18.1 Å². The zero-order valence-corrected chi connectivity index (χ0v) is 15.9. The number of nitrogens with zero attached hydrogens (tertiary/aromatic N) is 2. The van der Waals surface area contributed by atoms with Crippen molar-refractivity contribution in [3.63, 3.8) is 0 Å². The average Bonchev–Trinajstić information content (AvgIpc) is 3.24. The zero-order chi connectivity index (χ0) is 19.7. The van der Waals surface area contributed by atoms with Crippen LogP contribution in [0.25, 0.3) is 0 Å². The summed E-state index contributed by atoms with van der Waals surface area (Å²) in [4.78, 5) is 40.2. The van der Waals surface area contributed by atoms with Crippen molar-refractivity contribution in [3.05, 3.63) is 23.7 Å². The van der Waals surface area contributed by atoms with Gasteiger partial charge in [-0.15, -0.1) is 0 Å². The molecule has 0 bridgehead atoms. The average molecular weight is 391 g/mol. The van der Waals surface area contributed by atoms with Gasteiger partial charge in [-0.05, 0) is 19.1 Å². The number of hydrogen-bond donors (Lipinski definition) is 1. The summed E-state index contributed by atoms with van der Waals surface area (Å²) in [6.07, 6.45) is 0.588. The summed E-state index contributed by atoms with van der Waals surface area (Å²) < 4.78 is 15.8. The number of carbonyl (C=O) groups is 3. The lowest BCUT2D eigenvalue weighted by Gasteiger charge is -2.38. The van der Waals surface area contributed by atoms with Crippen LogP contribution in [0.2, 0.25) is 0 Å². The molecule has 1 aromatic heterocycles. The number of nitrogens with one attached hydrogen (secondary N) is 1. The highest BCUT2D eigenvalue weighted by molar-refractivity contribution is 5.89. The lowest BCUT2D eigenvalue weighted by Crippen LogP contribution is -2.57. The van der Waals surface area contributed by atoms with Crippen LogP contribution in [0.4, 0.5) is 4.79 Å². The number of piperidine rings is 1. The molecule has 9 heteroatoms. The topological polar surface area (TPSA) is 101 Å². The Morgan fingerprint density at radius 1 is 1.25 bits per heavy atom. The van der Waals surface area contributed by atoms with Gasteiger partial charge >= 0.3 is 6.16 Å². The molecular weight excluding hydrogens is 366 g/mol. The number of ether oxygens (including phenoxy) is 2. The van der Waals surface area contributed by atoms with E-state index in [4.69, 9.17) is 13.9 Å². The van der Waals surface area contributed by atoms with E-state index < -0.39 is 17.8 Å². The second kappa shape index (κ2) is 7.46. The van der Waals surface area contributed by atoms with E-state index in [1.807, 2.05) is 24.0 Å². The van der Waals surface area contributed by atoms with Crippen molar-refractivity contribution >= 4 is 18.0 Å². The molecule has 0 saturated carbocycles. The van der Waals surface area contributed by atoms with Gasteiger partial charge in [-0.2, -0.15) is 0 Å². The Morgan fingerprint density at radius 2 is 2.04 bits per heavy atom. The Labute approximate surface area is 162 Å². The SMILES string of the molecule is Cc1ccc(CN2CCNC(=O)[C@@H]2CC(=O)N2CCC3(CC2)COC(=O)O3)o1. The van der Waals surface area contributed by atoms with Crippen LogP contribution in [0.3, 0.4) is 0 Å². The molecule has 4 rings (SSSR count). The standard InChI is InChI=1S/C19H25N3O6/c1-13-2-3-14(27-13)11-22-9-6-20-17(24)15(22)10-16(23)21-7-4-19(5-8-21)12-26-18(25)28-19/h2-3,15H,4-12H2,1H3,(H,20,24)/t15-/m0/s1. The van der Waals surface area contributed by atoms with E-state index in [2.05, 4.69) is 5.32 Å². The molecule has 152 valence electrons. The van der Waals surface area contributed by atoms with Gasteiger partial charge in [0.05, 0.1) is 19.0 Å². The van der Waals surface area contributed by atoms with Gasteiger partial charge in [-0.3, -0.25) is 14.5 Å². The highest BCUT2D eigenvalue weighted by Gasteiger charge is 2.45. The van der Waals surface area contributed by atoms with Crippen LogP contribution < -0.4 is 5.32 Å². The van der Waals surface area contributed by atoms with Crippen LogP contribution in [0, 0.1) is 6.92 Å². The lowest BCUT2D eigenvalue weighted by atomic mass is 9.92. The number of piperazine rings is 1. The molecule has 0 unspecified atom stereocenters. The van der Waals surface area contributed by atoms with Crippen LogP contribution in [0.1, 0.15) is 30.8 Å². The number of cyclic esters (lactones) is 1. The summed E-state index contributed by atoms with van der Waals surface area (Å²) in [5.41, 5.74) is -0.598. The van der Waals surface area contributed by atoms with Gasteiger partial charge < -0.3 is 24.1 Å². The Hall–Kier alpha value is -2.55. The maximum atomic E-state index is 12.8. The third-order valence-electron chi connectivity index (χ3n) is 5.74. The Balaban J connectivity index is 1.36. The van der Waals surface area contributed by atoms with Crippen molar-refractivity contribution in [1.82, 2.24) is 15.1 Å². The van der Waals surface area contributed by atoms with E-state index in [9.17, 15) is 14.4 Å². The van der Waals surface area contributed by atoms with Crippen molar-refractivity contribution < 1.29 is 28.3 Å². The summed E-state index contributed by atoms with van der Waals surface area (Å²) >= 11 is 0. The molecule has 3 fully saturated rings. The molecule has 1 spiro atoms. The van der Waals surface area contributed by atoms with E-state index in [0.717, 1.165) is 11.5 Å². The first-order chi connectivity index (χ1) is 13.4. The van der Waals surface area contributed by atoms with Gasteiger partial charge in [0.25, 0.3) is 0 Å². The maximum Gasteiger partial charge on any atom is 0.509 e. The molecule has 1 atom stereocenters. The largest absolute Gasteiger partial charge is 0.509 e. The molecule has 0 aliphatic carbocycles. The minimum atomic E-state index is -0.637. The number of hydrogen-bond acceptors (Lipinski definition) is 7. The molecule has 0 aromatic carbocycles. The van der Waals surface area contributed by atoms with Crippen LogP contribution >= 0.6 is 0 Å². The minimum Gasteiger partial charge on any atom is -0.465 e. The minimum absolute atomic E-state index is 0.0669. The van der Waals surface area contributed by atoms with E-state index in [0.29, 0.717) is 45.6 Å². The fourth-order valence-corrected chi connectivity index (χ4v) is 4.07. The summed E-state index contributed by atoms with van der Waals surface area (Å²) in [7, 11) is 0. The molecule has 3 aliphatic heterocycles. The molecule has 3 saturated heterocycles. The van der Waals surface area contributed by atoms with Gasteiger partial charge in [0.2, 0.25) is 11.8 Å². The van der Waals surface area contributed by atoms with Crippen molar-refractivity contribution in [2.75, 3.05) is 32.8 Å². The molecule has 2 amide bonds. The van der Waals surface area contributed by atoms with E-state index >= 15 is 0 Å². The quantitative estimate of drug-likeness (QED) is 0.758.